The lowest BCUT2D eigenvalue weighted by Crippen LogP contribution is -2.56. The number of hydrogen-bond acceptors (Lipinski definition) is 3. The van der Waals surface area contributed by atoms with E-state index in [4.69, 9.17) is 51.8 Å². The minimum atomic E-state index is -1.86. The summed E-state index contributed by atoms with van der Waals surface area (Å²) in [6.07, 6.45) is -1.85. The topological polar surface area (TPSA) is 62.4 Å². The zero-order chi connectivity index (χ0) is 19.9. The highest BCUT2D eigenvalue weighted by atomic mass is 127. The van der Waals surface area contributed by atoms with Crippen LogP contribution in [0.25, 0.3) is 0 Å². The van der Waals surface area contributed by atoms with E-state index in [1.54, 1.807) is 0 Å². The summed E-state index contributed by atoms with van der Waals surface area (Å²) in [6, 6.07) is 16.7. The molecule has 0 bridgehead atoms. The van der Waals surface area contributed by atoms with Crippen LogP contribution in [-0.2, 0) is 11.3 Å². The normalized spacial score (nSPS) is 12.0. The Morgan fingerprint density at radius 1 is 1.07 bits per heavy atom. The molecule has 3 N–H and O–H groups in total. The number of rotatable bonds is 5. The largest absolute Gasteiger partial charge is 0.445 e. The van der Waals surface area contributed by atoms with Crippen LogP contribution >= 0.6 is 69.6 Å². The van der Waals surface area contributed by atoms with Gasteiger partial charge in [0.15, 0.2) is 11.3 Å². The number of nitrogens with one attached hydrogen (secondary N) is 3. The van der Waals surface area contributed by atoms with Crippen LogP contribution in [-0.4, -0.2) is 21.2 Å². The van der Waals surface area contributed by atoms with Gasteiger partial charge in [-0.15, -0.1) is 0 Å². The van der Waals surface area contributed by atoms with E-state index in [2.05, 4.69) is 38.5 Å². The molecule has 0 unspecified atom stereocenters. The molecule has 0 aliphatic carbocycles. The van der Waals surface area contributed by atoms with Crippen molar-refractivity contribution in [2.75, 3.05) is 5.32 Å². The smallest absolute Gasteiger partial charge is 0.409 e. The van der Waals surface area contributed by atoms with E-state index in [9.17, 15) is 4.79 Å². The van der Waals surface area contributed by atoms with Gasteiger partial charge in [0.1, 0.15) is 6.61 Å². The summed E-state index contributed by atoms with van der Waals surface area (Å²) in [5.74, 6) is 0. The van der Waals surface area contributed by atoms with Crippen LogP contribution in [0.3, 0.4) is 0 Å². The summed E-state index contributed by atoms with van der Waals surface area (Å²) < 4.78 is 4.36. The molecule has 0 heterocycles. The van der Waals surface area contributed by atoms with Gasteiger partial charge in [-0.05, 0) is 64.6 Å². The second kappa shape index (κ2) is 10.5. The lowest BCUT2D eigenvalue weighted by Gasteiger charge is -2.27. The Morgan fingerprint density at radius 2 is 1.70 bits per heavy atom. The maximum atomic E-state index is 12.0. The Balaban J connectivity index is 1.91. The fraction of sp³-hybridized carbons (Fsp3) is 0.176. The van der Waals surface area contributed by atoms with Crippen molar-refractivity contribution >= 4 is 86.5 Å². The molecule has 0 spiro atoms. The first-order valence-electron chi connectivity index (χ1n) is 7.61. The van der Waals surface area contributed by atoms with Crippen molar-refractivity contribution in [2.24, 2.45) is 0 Å². The molecular weight excluding hydrogens is 544 g/mol. The van der Waals surface area contributed by atoms with Gasteiger partial charge >= 0.3 is 6.09 Å². The number of benzene rings is 2. The van der Waals surface area contributed by atoms with E-state index in [1.807, 2.05) is 54.6 Å². The number of ether oxygens (including phenoxy) is 1. The van der Waals surface area contributed by atoms with Crippen LogP contribution in [0.4, 0.5) is 10.5 Å². The van der Waals surface area contributed by atoms with E-state index < -0.39 is 16.1 Å². The maximum absolute atomic E-state index is 12.0. The summed E-state index contributed by atoms with van der Waals surface area (Å²) in [6.45, 7) is 0.0879. The van der Waals surface area contributed by atoms with Gasteiger partial charge in [-0.25, -0.2) is 4.79 Å². The van der Waals surface area contributed by atoms with Crippen molar-refractivity contribution in [2.45, 2.75) is 16.6 Å². The number of thiocarbonyl (C=S) groups is 1. The van der Waals surface area contributed by atoms with E-state index in [-0.39, 0.29) is 11.7 Å². The second-order valence-electron chi connectivity index (χ2n) is 5.29. The van der Waals surface area contributed by atoms with E-state index >= 15 is 0 Å². The third kappa shape index (κ3) is 8.27. The summed E-state index contributed by atoms with van der Waals surface area (Å²) in [7, 11) is 0. The Kier molecular flexibility index (Phi) is 8.68. The Labute approximate surface area is 191 Å². The van der Waals surface area contributed by atoms with Crippen molar-refractivity contribution in [1.82, 2.24) is 10.6 Å². The predicted molar refractivity (Wildman–Crippen MR) is 122 cm³/mol. The van der Waals surface area contributed by atoms with Crippen LogP contribution < -0.4 is 16.0 Å². The number of carbonyl (C=O) groups is 1. The molecular formula is C17H15Cl3IN3O2S. The lowest BCUT2D eigenvalue weighted by atomic mass is 10.2. The van der Waals surface area contributed by atoms with Crippen molar-refractivity contribution < 1.29 is 9.53 Å². The number of halogens is 4. The molecule has 144 valence electrons. The quantitative estimate of drug-likeness (QED) is 0.204. The molecule has 0 aromatic heterocycles. The first-order chi connectivity index (χ1) is 12.7. The monoisotopic (exact) mass is 557 g/mol. The highest BCUT2D eigenvalue weighted by Crippen LogP contribution is 2.29. The zero-order valence-electron chi connectivity index (χ0n) is 13.7. The van der Waals surface area contributed by atoms with Gasteiger partial charge in [0.05, 0.1) is 0 Å². The molecule has 27 heavy (non-hydrogen) atoms. The lowest BCUT2D eigenvalue weighted by molar-refractivity contribution is 0.135. The number of carbonyl (C=O) groups excluding carboxylic acids is 1. The maximum Gasteiger partial charge on any atom is 0.409 e. The highest BCUT2D eigenvalue weighted by Gasteiger charge is 2.35. The van der Waals surface area contributed by atoms with E-state index in [0.29, 0.717) is 0 Å². The average molecular weight is 559 g/mol. The molecule has 0 radical (unpaired) electrons. The first-order valence-corrected chi connectivity index (χ1v) is 10.2. The zero-order valence-corrected chi connectivity index (χ0v) is 19.0. The van der Waals surface area contributed by atoms with Crippen LogP contribution in [0.2, 0.25) is 0 Å². The molecule has 0 saturated heterocycles. The number of anilines is 1. The Bertz CT molecular complexity index is 773. The minimum Gasteiger partial charge on any atom is -0.445 e. The molecule has 10 heteroatoms. The molecule has 5 nitrogen and oxygen atoms in total. The summed E-state index contributed by atoms with van der Waals surface area (Å²) in [5.41, 5.74) is 1.59. The molecule has 2 aromatic carbocycles. The fourth-order valence-corrected chi connectivity index (χ4v) is 2.84. The van der Waals surface area contributed by atoms with Crippen molar-refractivity contribution in [3.63, 3.8) is 0 Å². The van der Waals surface area contributed by atoms with Gasteiger partial charge in [0.2, 0.25) is 3.79 Å². The molecule has 0 fully saturated rings. The fourth-order valence-electron chi connectivity index (χ4n) is 1.91. The van der Waals surface area contributed by atoms with E-state index in [0.717, 1.165) is 14.8 Å². The Hall–Kier alpha value is -1.000. The van der Waals surface area contributed by atoms with Crippen molar-refractivity contribution in [3.8, 4) is 0 Å². The number of hydrogen-bond donors (Lipinski definition) is 3. The van der Waals surface area contributed by atoms with Gasteiger partial charge in [-0.2, -0.15) is 0 Å². The summed E-state index contributed by atoms with van der Waals surface area (Å²) in [5, 5.41) is 8.34. The van der Waals surface area contributed by atoms with Crippen LogP contribution in [0.5, 0.6) is 0 Å². The first kappa shape index (κ1) is 22.3. The van der Waals surface area contributed by atoms with Gasteiger partial charge in [-0.3, -0.25) is 5.32 Å². The SMILES string of the molecule is O=C(N[C@H](NC(=S)Nc1ccc(I)cc1)C(Cl)(Cl)Cl)OCc1ccccc1. The van der Waals surface area contributed by atoms with Crippen LogP contribution in [0.15, 0.2) is 54.6 Å². The summed E-state index contributed by atoms with van der Waals surface area (Å²) in [4.78, 5) is 12.0. The predicted octanol–water partition coefficient (Wildman–Crippen LogP) is 5.20. The van der Waals surface area contributed by atoms with Crippen molar-refractivity contribution in [1.29, 1.82) is 0 Å². The van der Waals surface area contributed by atoms with E-state index in [1.165, 1.54) is 0 Å². The number of amides is 1. The van der Waals surface area contributed by atoms with Gasteiger partial charge in [0.25, 0.3) is 0 Å². The highest BCUT2D eigenvalue weighted by molar-refractivity contribution is 14.1. The van der Waals surface area contributed by atoms with Gasteiger partial charge in [-0.1, -0.05) is 65.1 Å². The Morgan fingerprint density at radius 3 is 2.30 bits per heavy atom. The van der Waals surface area contributed by atoms with Crippen LogP contribution in [0.1, 0.15) is 5.56 Å². The second-order valence-corrected chi connectivity index (χ2v) is 9.31. The molecule has 0 aliphatic rings. The number of alkyl carbamates (subject to hydrolysis) is 1. The summed E-state index contributed by atoms with van der Waals surface area (Å²) >= 11 is 25.2. The number of alkyl halides is 3. The molecule has 2 aromatic rings. The molecule has 1 atom stereocenters. The molecule has 0 aliphatic heterocycles. The third-order valence-electron chi connectivity index (χ3n) is 3.18. The van der Waals surface area contributed by atoms with Crippen LogP contribution in [0, 0.1) is 3.57 Å². The third-order valence-corrected chi connectivity index (χ3v) is 4.77. The average Bonchev–Trinajstić information content (AvgIpc) is 2.61. The molecule has 0 saturated carbocycles. The van der Waals surface area contributed by atoms with Gasteiger partial charge in [0, 0.05) is 9.26 Å². The molecule has 1 amide bonds. The molecule has 2 rings (SSSR count). The minimum absolute atomic E-state index is 0.0879. The van der Waals surface area contributed by atoms with Crippen molar-refractivity contribution in [3.05, 3.63) is 63.7 Å². The standard InChI is InChI=1S/C17H15Cl3IN3O2S/c18-17(19,20)14(23-15(27)22-13-8-6-12(21)7-9-13)24-16(25)26-10-11-4-2-1-3-5-11/h1-9,14H,10H2,(H,24,25)(H2,22,23,27)/t14-/m0/s1. The van der Waals surface area contributed by atoms with Gasteiger partial charge < -0.3 is 15.4 Å².